The molecule has 48 nitrogen and oxygen atoms in total. The molecular formula is C94H86N20O28. The molecule has 142 heavy (non-hydrogen) atoms. The molecular weight excluding hydrogens is 1860 g/mol. The van der Waals surface area contributed by atoms with Crippen LogP contribution in [0.15, 0.2) is 231 Å². The number of rotatable bonds is 16. The Kier molecular flexibility index (Phi) is 26.0. The van der Waals surface area contributed by atoms with Gasteiger partial charge in [0.15, 0.2) is 159 Å². The van der Waals surface area contributed by atoms with Crippen LogP contribution < -0.4 is 56.2 Å². The lowest BCUT2D eigenvalue weighted by Crippen LogP contribution is -2.41. The number of aromatic nitrogens is 20. The number of nitrogens with zero attached hydrogens (tertiary/aromatic N) is 20. The molecule has 9 aromatic carbocycles. The summed E-state index contributed by atoms with van der Waals surface area (Å²) >= 11 is 0. The van der Waals surface area contributed by atoms with Gasteiger partial charge in [0.2, 0.25) is 0 Å². The summed E-state index contributed by atoms with van der Waals surface area (Å²) in [7, 11) is 11.9. The molecule has 0 unspecified atom stereocenters. The third-order valence-corrected chi connectivity index (χ3v) is 23.3. The second-order valence-electron chi connectivity index (χ2n) is 32.8. The van der Waals surface area contributed by atoms with Gasteiger partial charge < -0.3 is 115 Å². The Labute approximate surface area is 791 Å². The average molecular weight is 1940 g/mol. The Morgan fingerprint density at radius 2 is 0.465 bits per heavy atom. The van der Waals surface area contributed by atoms with Gasteiger partial charge in [0, 0.05) is 80.6 Å². The summed E-state index contributed by atoms with van der Waals surface area (Å²) < 4.78 is 19.1. The molecule has 0 spiro atoms. The second-order valence-corrected chi connectivity index (χ2v) is 32.8. The van der Waals surface area contributed by atoms with Gasteiger partial charge in [0.1, 0.15) is 11.6 Å². The normalized spacial score (nSPS) is 11.2. The molecule has 0 aliphatic carbocycles. The summed E-state index contributed by atoms with van der Waals surface area (Å²) in [6.07, 6.45) is 4.26. The third-order valence-electron chi connectivity index (χ3n) is 23.3. The van der Waals surface area contributed by atoms with Gasteiger partial charge >= 0.3 is 28.4 Å². The highest BCUT2D eigenvalue weighted by atomic mass is 16.3. The van der Waals surface area contributed by atoms with E-state index in [4.69, 9.17) is 0 Å². The first kappa shape index (κ1) is 96.7. The number of imidazole rings is 5. The topological polar surface area (TPSA) is 673 Å². The molecule has 0 aliphatic rings. The van der Waals surface area contributed by atoms with Gasteiger partial charge in [0.25, 0.3) is 27.8 Å². The standard InChI is InChI=1S/4C20H18N4O6.C14H14N4O4/c1-22-18-16(19(29)23(2)20(22)30)24(9-10-3-5-12(25)14(27)7-10)17(21-18)11-4-6-13(26)15(28)8-11;1-22-19(29)17-18(21-10-23(17)8-11-2-4-13(25)15(27)6-11)24(20(22)30)9-12-3-5-14(26)16(28)7-12;1-22-18-17(23(10-21-18)8-11-2-4-13(25)15(27)6-11)19(29)24(20(22)30)9-12-3-5-14(26)16(28)7-12;1-22-10-21-18-17(22)19(29)24(9-12-3-5-14(26)16(28)7-12)20(30)23(18)8-11-2-4-13(25)15(27)6-11;1-16-10-12(17(2)14(22)18(3)13(10)21)15-11(16)7-4-5-8(19)9(20)6-7/h3-8,25-28H,9H2,1-2H3;3*2-7,10,25-28H,8-9H2,1H3;4-6,19-20H,1-3H3. The molecule has 0 aliphatic heterocycles. The van der Waals surface area contributed by atoms with Crippen LogP contribution in [0.3, 0.4) is 0 Å². The number of hydrogen-bond acceptors (Lipinski definition) is 33. The molecule has 19 aromatic rings. The largest absolute Gasteiger partial charge is 0.504 e. The van der Waals surface area contributed by atoms with Crippen molar-refractivity contribution in [1.29, 1.82) is 0 Å². The smallest absolute Gasteiger partial charge is 0.333 e. The van der Waals surface area contributed by atoms with Crippen LogP contribution in [0.5, 0.6) is 103 Å². The van der Waals surface area contributed by atoms with Crippen LogP contribution in [0.2, 0.25) is 0 Å². The molecule has 10 aromatic heterocycles. The van der Waals surface area contributed by atoms with Crippen molar-refractivity contribution in [3.05, 3.63) is 326 Å². The zero-order valence-electron chi connectivity index (χ0n) is 75.8. The molecule has 19 rings (SSSR count). The summed E-state index contributed by atoms with van der Waals surface area (Å²) in [6.45, 7) is 0.216. The van der Waals surface area contributed by atoms with Crippen LogP contribution in [0.25, 0.3) is 78.6 Å². The van der Waals surface area contributed by atoms with Crippen molar-refractivity contribution in [3.8, 4) is 126 Å². The minimum absolute atomic E-state index is 0.00128. The lowest BCUT2D eigenvalue weighted by atomic mass is 10.1. The lowest BCUT2D eigenvalue weighted by molar-refractivity contribution is 0.402. The van der Waals surface area contributed by atoms with Gasteiger partial charge in [-0.2, -0.15) is 0 Å². The van der Waals surface area contributed by atoms with Crippen LogP contribution in [-0.4, -0.2) is 185 Å². The number of aryl methyl sites for hydroxylation is 5. The van der Waals surface area contributed by atoms with Crippen molar-refractivity contribution in [2.24, 2.45) is 56.4 Å². The maximum Gasteiger partial charge on any atom is 0.333 e. The molecule has 18 N–H and O–H groups in total. The first-order chi connectivity index (χ1) is 67.3. The van der Waals surface area contributed by atoms with Gasteiger partial charge in [-0.1, -0.05) is 42.5 Å². The SMILES string of the molecule is Cn1c(=O)c2c(nc(-c3ccc(O)c(O)c3)n2C)n(C)c1=O.Cn1c(=O)c2c(nc(-c3ccc(O)c(O)c3)n2Cc2ccc(O)c(O)c2)n(C)c1=O.Cn1c(=O)c2c(ncn2Cc2ccc(O)c(O)c2)n(Cc2ccc(O)c(O)c2)c1=O.Cn1c(=O)n(Cc2ccc(O)c(O)c2)c(=O)c2c1ncn2Cc1ccc(O)c(O)c1.Cn1cnc2c1c(=O)n(Cc1ccc(O)c(O)c1)c(=O)n2Cc1ccc(O)c(O)c1. The summed E-state index contributed by atoms with van der Waals surface area (Å²) in [5.74, 6) is -4.74. The number of phenols is 18. The van der Waals surface area contributed by atoms with Gasteiger partial charge in [-0.05, 0) is 160 Å². The Morgan fingerprint density at radius 3 is 0.852 bits per heavy atom. The summed E-state index contributed by atoms with van der Waals surface area (Å²) in [6, 6.07) is 37.7. The Balaban J connectivity index is 0.000000134. The molecule has 730 valence electrons. The van der Waals surface area contributed by atoms with Crippen molar-refractivity contribution in [2.45, 2.75) is 45.8 Å². The maximum atomic E-state index is 13.2. The molecule has 10 heterocycles. The third kappa shape index (κ3) is 18.4. The van der Waals surface area contributed by atoms with E-state index < -0.39 is 56.2 Å². The maximum absolute atomic E-state index is 13.2. The van der Waals surface area contributed by atoms with E-state index in [0.29, 0.717) is 55.9 Å². The van der Waals surface area contributed by atoms with Crippen molar-refractivity contribution in [2.75, 3.05) is 0 Å². The van der Waals surface area contributed by atoms with Gasteiger partial charge in [-0.3, -0.25) is 69.6 Å². The van der Waals surface area contributed by atoms with Crippen LogP contribution in [0, 0.1) is 0 Å². The Bertz CT molecular complexity index is 8980. The molecule has 48 heteroatoms. The van der Waals surface area contributed by atoms with Crippen molar-refractivity contribution < 1.29 is 91.9 Å². The first-order valence-electron chi connectivity index (χ1n) is 42.1. The van der Waals surface area contributed by atoms with Crippen LogP contribution in [0.1, 0.15) is 38.9 Å². The number of fused-ring (bicyclic) bond motifs is 5. The van der Waals surface area contributed by atoms with E-state index in [2.05, 4.69) is 24.9 Å². The molecule has 0 bridgehead atoms. The molecule has 0 saturated heterocycles. The van der Waals surface area contributed by atoms with E-state index in [0.717, 1.165) is 22.8 Å². The molecule has 0 amide bonds. The van der Waals surface area contributed by atoms with Crippen LogP contribution in [-0.2, 0) is 102 Å². The fourth-order valence-electron chi connectivity index (χ4n) is 15.6. The molecule has 0 radical (unpaired) electrons. The Hall–Kier alpha value is -19.9. The van der Waals surface area contributed by atoms with E-state index in [1.54, 1.807) is 68.8 Å². The first-order valence-corrected chi connectivity index (χ1v) is 42.1. The van der Waals surface area contributed by atoms with Crippen LogP contribution >= 0.6 is 0 Å². The lowest BCUT2D eigenvalue weighted by Gasteiger charge is -2.13. The summed E-state index contributed by atoms with van der Waals surface area (Å²) in [4.78, 5) is 148. The quantitative estimate of drug-likeness (QED) is 0.0616. The molecule has 0 fully saturated rings. The summed E-state index contributed by atoms with van der Waals surface area (Å²) in [5, 5.41) is 173. The van der Waals surface area contributed by atoms with Crippen molar-refractivity contribution >= 4 is 55.8 Å². The zero-order chi connectivity index (χ0) is 103. The van der Waals surface area contributed by atoms with Crippen molar-refractivity contribution in [3.63, 3.8) is 0 Å². The van der Waals surface area contributed by atoms with Crippen LogP contribution in [0.4, 0.5) is 0 Å². The predicted molar refractivity (Wildman–Crippen MR) is 509 cm³/mol. The second kappa shape index (κ2) is 38.1. The zero-order valence-corrected chi connectivity index (χ0v) is 75.8. The molecule has 0 atom stereocenters. The number of phenolic OH excluding ortho intramolecular Hbond substituents is 18. The van der Waals surface area contributed by atoms with Crippen molar-refractivity contribution in [1.82, 2.24) is 93.4 Å². The summed E-state index contributed by atoms with van der Waals surface area (Å²) in [5.41, 5.74) is 1.22. The highest BCUT2D eigenvalue weighted by Crippen LogP contribution is 2.37. The molecule has 0 saturated carbocycles. The minimum Gasteiger partial charge on any atom is -0.504 e. The monoisotopic (exact) mass is 1940 g/mol. The van der Waals surface area contributed by atoms with E-state index in [1.165, 1.54) is 216 Å². The number of hydrogen-bond donors (Lipinski definition) is 18. The number of benzene rings is 9. The van der Waals surface area contributed by atoms with Gasteiger partial charge in [-0.15, -0.1) is 0 Å². The van der Waals surface area contributed by atoms with E-state index in [1.807, 2.05) is 0 Å². The Morgan fingerprint density at radius 1 is 0.204 bits per heavy atom. The van der Waals surface area contributed by atoms with Gasteiger partial charge in [-0.25, -0.2) is 48.9 Å². The van der Waals surface area contributed by atoms with Gasteiger partial charge in [0.05, 0.1) is 51.7 Å². The van der Waals surface area contributed by atoms with E-state index in [9.17, 15) is 140 Å². The van der Waals surface area contributed by atoms with E-state index in [-0.39, 0.29) is 211 Å². The highest BCUT2D eigenvalue weighted by Gasteiger charge is 2.27. The highest BCUT2D eigenvalue weighted by molar-refractivity contribution is 5.80. The predicted octanol–water partition coefficient (Wildman–Crippen LogP) is 3.47. The number of aromatic hydroxyl groups is 18. The fourth-order valence-corrected chi connectivity index (χ4v) is 15.6. The van der Waals surface area contributed by atoms with E-state index >= 15 is 0 Å². The average Bonchev–Trinajstić information content (AvgIpc) is 1.59. The minimum atomic E-state index is -0.633. The fraction of sp³-hybridized carbons (Fsp3) is 0.160.